The zero-order valence-corrected chi connectivity index (χ0v) is 15.8. The quantitative estimate of drug-likeness (QED) is 0.666. The van der Waals surface area contributed by atoms with Crippen molar-refractivity contribution in [2.75, 3.05) is 5.75 Å². The zero-order chi connectivity index (χ0) is 18.0. The van der Waals surface area contributed by atoms with E-state index in [-0.39, 0.29) is 11.9 Å². The number of imidazole rings is 1. The van der Waals surface area contributed by atoms with Gasteiger partial charge in [0.25, 0.3) is 0 Å². The van der Waals surface area contributed by atoms with Crippen molar-refractivity contribution in [3.8, 4) is 0 Å². The maximum absolute atomic E-state index is 12.2. The zero-order valence-electron chi connectivity index (χ0n) is 15.0. The fourth-order valence-corrected chi connectivity index (χ4v) is 3.40. The fourth-order valence-electron chi connectivity index (χ4n) is 2.70. The highest BCUT2D eigenvalue weighted by molar-refractivity contribution is 7.99. The van der Waals surface area contributed by atoms with E-state index in [2.05, 4.69) is 60.3 Å². The highest BCUT2D eigenvalue weighted by Gasteiger charge is 2.12. The molecule has 3 rings (SSSR count). The van der Waals surface area contributed by atoms with Crippen molar-refractivity contribution < 1.29 is 4.79 Å². The largest absolute Gasteiger partial charge is 0.349 e. The summed E-state index contributed by atoms with van der Waals surface area (Å²) < 4.78 is 0. The Hall–Kier alpha value is -2.27. The second kappa shape index (κ2) is 7.31. The van der Waals surface area contributed by atoms with E-state index >= 15 is 0 Å². The lowest BCUT2D eigenvalue weighted by Gasteiger charge is -2.15. The topological polar surface area (TPSA) is 57.8 Å². The van der Waals surface area contributed by atoms with E-state index in [9.17, 15) is 4.79 Å². The lowest BCUT2D eigenvalue weighted by Crippen LogP contribution is -2.28. The van der Waals surface area contributed by atoms with Crippen molar-refractivity contribution in [1.82, 2.24) is 15.3 Å². The Labute approximate surface area is 152 Å². The molecular weight excluding hydrogens is 330 g/mol. The van der Waals surface area contributed by atoms with Gasteiger partial charge in [0.2, 0.25) is 5.91 Å². The SMILES string of the molecule is Cc1ccc2nc(SCC(=O)NC(C)c3ccc(C)c(C)c3)[nH]c2c1. The monoisotopic (exact) mass is 353 g/mol. The maximum Gasteiger partial charge on any atom is 0.230 e. The number of nitrogens with one attached hydrogen (secondary N) is 2. The minimum Gasteiger partial charge on any atom is -0.349 e. The molecule has 0 saturated carbocycles. The van der Waals surface area contributed by atoms with E-state index in [1.54, 1.807) is 0 Å². The van der Waals surface area contributed by atoms with E-state index in [0.29, 0.717) is 5.75 Å². The lowest BCUT2D eigenvalue weighted by atomic mass is 10.0. The molecule has 1 aromatic heterocycles. The number of amides is 1. The number of nitrogens with zero attached hydrogens (tertiary/aromatic N) is 1. The number of thioether (sulfide) groups is 1. The third kappa shape index (κ3) is 4.23. The van der Waals surface area contributed by atoms with Gasteiger partial charge in [-0.15, -0.1) is 0 Å². The van der Waals surface area contributed by atoms with E-state index in [0.717, 1.165) is 21.8 Å². The van der Waals surface area contributed by atoms with Crippen molar-refractivity contribution >= 4 is 28.7 Å². The van der Waals surface area contributed by atoms with Crippen molar-refractivity contribution in [3.63, 3.8) is 0 Å². The van der Waals surface area contributed by atoms with Crippen LogP contribution in [0, 0.1) is 20.8 Å². The minimum absolute atomic E-state index is 0.00682. The van der Waals surface area contributed by atoms with Crippen LogP contribution in [-0.4, -0.2) is 21.6 Å². The summed E-state index contributed by atoms with van der Waals surface area (Å²) in [5, 5.41) is 3.83. The van der Waals surface area contributed by atoms with E-state index in [1.807, 2.05) is 19.1 Å². The predicted octanol–water partition coefficient (Wildman–Crippen LogP) is 4.46. The lowest BCUT2D eigenvalue weighted by molar-refractivity contribution is -0.119. The van der Waals surface area contributed by atoms with Crippen LogP contribution in [0.5, 0.6) is 0 Å². The first-order valence-corrected chi connectivity index (χ1v) is 9.36. The minimum atomic E-state index is -0.00859. The molecule has 1 heterocycles. The summed E-state index contributed by atoms with van der Waals surface area (Å²) in [5.74, 6) is 0.348. The van der Waals surface area contributed by atoms with Crippen LogP contribution in [0.3, 0.4) is 0 Å². The molecule has 0 aliphatic rings. The van der Waals surface area contributed by atoms with Gasteiger partial charge in [-0.2, -0.15) is 0 Å². The standard InChI is InChI=1S/C20H23N3OS/c1-12-5-8-17-18(9-12)23-20(22-17)25-11-19(24)21-15(4)16-7-6-13(2)14(3)10-16/h5-10,15H,11H2,1-4H3,(H,21,24)(H,22,23). The molecule has 1 amide bonds. The molecule has 4 nitrogen and oxygen atoms in total. The Morgan fingerprint density at radius 2 is 1.96 bits per heavy atom. The number of hydrogen-bond donors (Lipinski definition) is 2. The van der Waals surface area contributed by atoms with Gasteiger partial charge in [-0.25, -0.2) is 4.98 Å². The average molecular weight is 353 g/mol. The van der Waals surface area contributed by atoms with Crippen LogP contribution in [-0.2, 0) is 4.79 Å². The molecule has 0 spiro atoms. The first kappa shape index (κ1) is 17.5. The fraction of sp³-hybridized carbons (Fsp3) is 0.300. The number of H-pyrrole nitrogens is 1. The van der Waals surface area contributed by atoms with Gasteiger partial charge >= 0.3 is 0 Å². The molecule has 2 aromatic carbocycles. The van der Waals surface area contributed by atoms with Gasteiger partial charge in [0, 0.05) is 0 Å². The van der Waals surface area contributed by atoms with Crippen molar-refractivity contribution in [3.05, 3.63) is 58.7 Å². The number of hydrogen-bond acceptors (Lipinski definition) is 3. The third-order valence-corrected chi connectivity index (χ3v) is 5.24. The molecule has 1 atom stereocenters. The van der Waals surface area contributed by atoms with Gasteiger partial charge in [-0.1, -0.05) is 36.0 Å². The van der Waals surface area contributed by atoms with Crippen LogP contribution >= 0.6 is 11.8 Å². The highest BCUT2D eigenvalue weighted by atomic mass is 32.2. The molecular formula is C20H23N3OS. The summed E-state index contributed by atoms with van der Waals surface area (Å²) in [7, 11) is 0. The smallest absolute Gasteiger partial charge is 0.230 e. The molecule has 0 radical (unpaired) electrons. The van der Waals surface area contributed by atoms with Gasteiger partial charge in [-0.3, -0.25) is 4.79 Å². The molecule has 0 fully saturated rings. The average Bonchev–Trinajstić information content (AvgIpc) is 2.97. The van der Waals surface area contributed by atoms with Crippen molar-refractivity contribution in [1.29, 1.82) is 0 Å². The van der Waals surface area contributed by atoms with E-state index in [1.165, 1.54) is 28.5 Å². The summed E-state index contributed by atoms with van der Waals surface area (Å²) in [5.41, 5.74) is 6.75. The van der Waals surface area contributed by atoms with Crippen LogP contribution in [0.1, 0.15) is 35.2 Å². The molecule has 5 heteroatoms. The number of aromatic nitrogens is 2. The molecule has 1 unspecified atom stereocenters. The Bertz CT molecular complexity index is 916. The van der Waals surface area contributed by atoms with E-state index < -0.39 is 0 Å². The number of aryl methyl sites for hydroxylation is 3. The Balaban J connectivity index is 1.58. The first-order valence-electron chi connectivity index (χ1n) is 8.38. The van der Waals surface area contributed by atoms with Crippen LogP contribution in [0.15, 0.2) is 41.6 Å². The summed E-state index contributed by atoms with van der Waals surface area (Å²) in [4.78, 5) is 20.0. The number of carbonyl (C=O) groups is 1. The predicted molar refractivity (Wildman–Crippen MR) is 104 cm³/mol. The Morgan fingerprint density at radius 3 is 2.72 bits per heavy atom. The van der Waals surface area contributed by atoms with Gasteiger partial charge in [0.1, 0.15) is 0 Å². The Kier molecular flexibility index (Phi) is 5.13. The molecule has 3 aromatic rings. The normalized spacial score (nSPS) is 12.3. The van der Waals surface area contributed by atoms with Crippen LogP contribution < -0.4 is 5.32 Å². The number of aromatic amines is 1. The van der Waals surface area contributed by atoms with Gasteiger partial charge in [-0.05, 0) is 62.1 Å². The van der Waals surface area contributed by atoms with Gasteiger partial charge in [0.05, 0.1) is 22.8 Å². The third-order valence-electron chi connectivity index (χ3n) is 4.36. The number of carbonyl (C=O) groups excluding carboxylic acids is 1. The number of fused-ring (bicyclic) bond motifs is 1. The molecule has 0 bridgehead atoms. The first-order chi connectivity index (χ1) is 11.9. The van der Waals surface area contributed by atoms with E-state index in [4.69, 9.17) is 0 Å². The molecule has 25 heavy (non-hydrogen) atoms. The van der Waals surface area contributed by atoms with Crippen LogP contribution in [0.2, 0.25) is 0 Å². The van der Waals surface area contributed by atoms with Gasteiger partial charge in [0.15, 0.2) is 5.16 Å². The Morgan fingerprint density at radius 1 is 1.16 bits per heavy atom. The maximum atomic E-state index is 12.2. The highest BCUT2D eigenvalue weighted by Crippen LogP contribution is 2.21. The van der Waals surface area contributed by atoms with Crippen molar-refractivity contribution in [2.24, 2.45) is 0 Å². The van der Waals surface area contributed by atoms with Crippen LogP contribution in [0.25, 0.3) is 11.0 Å². The summed E-state index contributed by atoms with van der Waals surface area (Å²) in [6, 6.07) is 12.4. The molecule has 0 saturated heterocycles. The second-order valence-corrected chi connectivity index (χ2v) is 7.45. The van der Waals surface area contributed by atoms with Crippen molar-refractivity contribution in [2.45, 2.75) is 38.9 Å². The van der Waals surface area contributed by atoms with Crippen LogP contribution in [0.4, 0.5) is 0 Å². The number of benzene rings is 2. The second-order valence-electron chi connectivity index (χ2n) is 6.48. The summed E-state index contributed by atoms with van der Waals surface area (Å²) >= 11 is 1.42. The molecule has 0 aliphatic carbocycles. The summed E-state index contributed by atoms with van der Waals surface area (Å²) in [6.07, 6.45) is 0. The van der Waals surface area contributed by atoms with Gasteiger partial charge < -0.3 is 10.3 Å². The summed E-state index contributed by atoms with van der Waals surface area (Å²) in [6.45, 7) is 8.24. The number of rotatable bonds is 5. The molecule has 2 N–H and O–H groups in total. The molecule has 0 aliphatic heterocycles. The molecule has 130 valence electrons.